The standard InChI is InChI=1S/C29H35F3N4O7/c1-4-6-24-26(15-19(3)29(30,31)32)36(35-34-24)43-18-42-23-13-9-20(10-14-23)16-25(33-28(39)40-5-2)27(38)41-17-21-7-11-22(37)12-8-21/h6-15,19,25,34-35,37H,4-5,16-18H2,1-3H3,(H,33,39)/b24-6+,26-15+. The first-order valence-corrected chi connectivity index (χ1v) is 13.5. The Hall–Kier alpha value is -4.43. The Labute approximate surface area is 247 Å². The maximum atomic E-state index is 13.1. The Morgan fingerprint density at radius 2 is 1.72 bits per heavy atom. The second-order valence-electron chi connectivity index (χ2n) is 9.37. The monoisotopic (exact) mass is 608 g/mol. The number of halogens is 3. The molecule has 234 valence electrons. The molecule has 2 atom stereocenters. The molecule has 14 heteroatoms. The molecule has 1 amide bonds. The molecule has 0 spiro atoms. The third-order valence-corrected chi connectivity index (χ3v) is 6.06. The van der Waals surface area contributed by atoms with Gasteiger partial charge in [-0.1, -0.05) is 44.2 Å². The maximum Gasteiger partial charge on any atom is 0.407 e. The van der Waals surface area contributed by atoms with Gasteiger partial charge in [0, 0.05) is 6.42 Å². The number of carbonyl (C=O) groups is 2. The number of aromatic hydroxyl groups is 1. The van der Waals surface area contributed by atoms with Crippen molar-refractivity contribution in [2.24, 2.45) is 5.92 Å². The SMILES string of the molecule is CC/C=C1/NNN(OCOc2ccc(CC(NC(=O)OCC)C(=O)OCc3ccc(O)cc3)cc2)/C1=C/C(C)C(F)(F)F. The van der Waals surface area contributed by atoms with Crippen molar-refractivity contribution < 1.29 is 46.9 Å². The van der Waals surface area contributed by atoms with E-state index >= 15 is 0 Å². The Morgan fingerprint density at radius 3 is 2.35 bits per heavy atom. The number of alkyl halides is 3. The van der Waals surface area contributed by atoms with Crippen LogP contribution in [0.15, 0.2) is 72.1 Å². The topological polar surface area (TPSA) is 131 Å². The number of phenolic OH excluding ortho intramolecular Hbond substituents is 1. The van der Waals surface area contributed by atoms with Gasteiger partial charge in [0.1, 0.15) is 29.8 Å². The van der Waals surface area contributed by atoms with Crippen molar-refractivity contribution in [3.8, 4) is 11.5 Å². The number of nitrogens with zero attached hydrogens (tertiary/aromatic N) is 1. The zero-order valence-electron chi connectivity index (χ0n) is 23.9. The number of hydrazine groups is 2. The Bertz CT molecular complexity index is 1270. The van der Waals surface area contributed by atoms with Gasteiger partial charge in [-0.2, -0.15) is 18.3 Å². The molecule has 0 aliphatic carbocycles. The largest absolute Gasteiger partial charge is 0.508 e. The lowest BCUT2D eigenvalue weighted by Crippen LogP contribution is -2.43. The van der Waals surface area contributed by atoms with E-state index in [0.717, 1.165) is 18.2 Å². The van der Waals surface area contributed by atoms with Crippen LogP contribution >= 0.6 is 0 Å². The van der Waals surface area contributed by atoms with Gasteiger partial charge in [-0.3, -0.25) is 0 Å². The molecule has 1 heterocycles. The van der Waals surface area contributed by atoms with E-state index in [1.807, 2.05) is 6.92 Å². The molecule has 2 aromatic rings. The summed E-state index contributed by atoms with van der Waals surface area (Å²) in [7, 11) is 0. The summed E-state index contributed by atoms with van der Waals surface area (Å²) in [5.74, 6) is -1.92. The molecule has 0 saturated carbocycles. The van der Waals surface area contributed by atoms with Crippen molar-refractivity contribution >= 4 is 12.1 Å². The molecule has 4 N–H and O–H groups in total. The lowest BCUT2D eigenvalue weighted by Gasteiger charge is -2.20. The van der Waals surface area contributed by atoms with Crippen molar-refractivity contribution in [1.29, 1.82) is 0 Å². The van der Waals surface area contributed by atoms with Crippen LogP contribution < -0.4 is 21.0 Å². The summed E-state index contributed by atoms with van der Waals surface area (Å²) in [5, 5.41) is 13.0. The number of ether oxygens (including phenoxy) is 3. The fourth-order valence-corrected chi connectivity index (χ4v) is 3.76. The van der Waals surface area contributed by atoms with E-state index in [1.54, 1.807) is 49.4 Å². The normalized spacial score (nSPS) is 16.5. The third-order valence-electron chi connectivity index (χ3n) is 6.06. The summed E-state index contributed by atoms with van der Waals surface area (Å²) in [6.45, 7) is 4.27. The van der Waals surface area contributed by atoms with Gasteiger partial charge in [-0.15, -0.1) is 5.53 Å². The fraction of sp³-hybridized carbons (Fsp3) is 0.379. The Morgan fingerprint density at radius 1 is 1.05 bits per heavy atom. The van der Waals surface area contributed by atoms with Gasteiger partial charge in [-0.05, 0) is 54.8 Å². The van der Waals surface area contributed by atoms with Gasteiger partial charge in [0.05, 0.1) is 18.2 Å². The molecule has 1 aliphatic heterocycles. The number of hydroxylamine groups is 1. The summed E-state index contributed by atoms with van der Waals surface area (Å²) in [6.07, 6.45) is -1.75. The predicted molar refractivity (Wildman–Crippen MR) is 148 cm³/mol. The first-order chi connectivity index (χ1) is 20.5. The third kappa shape index (κ3) is 10.4. The summed E-state index contributed by atoms with van der Waals surface area (Å²) in [5.41, 5.74) is 7.36. The molecule has 11 nitrogen and oxygen atoms in total. The lowest BCUT2D eigenvalue weighted by atomic mass is 10.1. The summed E-state index contributed by atoms with van der Waals surface area (Å²) >= 11 is 0. The van der Waals surface area contributed by atoms with Crippen LogP contribution in [0.3, 0.4) is 0 Å². The number of alkyl carbamates (subject to hydrolysis) is 1. The molecule has 1 fully saturated rings. The molecular weight excluding hydrogens is 573 g/mol. The molecule has 43 heavy (non-hydrogen) atoms. The highest BCUT2D eigenvalue weighted by Crippen LogP contribution is 2.30. The number of hydrogen-bond donors (Lipinski definition) is 4. The van der Waals surface area contributed by atoms with Gasteiger partial charge >= 0.3 is 18.2 Å². The minimum Gasteiger partial charge on any atom is -0.508 e. The fourth-order valence-electron chi connectivity index (χ4n) is 3.76. The van der Waals surface area contributed by atoms with E-state index in [9.17, 15) is 27.9 Å². The van der Waals surface area contributed by atoms with Crippen molar-refractivity contribution in [3.05, 3.63) is 83.2 Å². The molecule has 2 aromatic carbocycles. The van der Waals surface area contributed by atoms with Gasteiger partial charge in [0.15, 0.2) is 0 Å². The number of nitrogens with one attached hydrogen (secondary N) is 3. The highest BCUT2D eigenvalue weighted by atomic mass is 19.4. The van der Waals surface area contributed by atoms with E-state index in [1.165, 1.54) is 12.1 Å². The van der Waals surface area contributed by atoms with E-state index in [0.29, 0.717) is 29.0 Å². The zero-order chi connectivity index (χ0) is 31.4. The van der Waals surface area contributed by atoms with E-state index in [2.05, 4.69) is 16.3 Å². The number of esters is 1. The highest BCUT2D eigenvalue weighted by Gasteiger charge is 2.36. The molecule has 0 radical (unpaired) electrons. The lowest BCUT2D eigenvalue weighted by molar-refractivity contribution is -0.203. The van der Waals surface area contributed by atoms with Crippen molar-refractivity contribution in [2.45, 2.75) is 52.4 Å². The van der Waals surface area contributed by atoms with Crippen molar-refractivity contribution in [1.82, 2.24) is 21.4 Å². The Kier molecular flexibility index (Phi) is 12.1. The zero-order valence-corrected chi connectivity index (χ0v) is 23.9. The molecule has 2 unspecified atom stereocenters. The number of rotatable bonds is 13. The number of carbonyl (C=O) groups excluding carboxylic acids is 2. The number of amides is 1. The number of benzene rings is 2. The minimum absolute atomic E-state index is 0.0595. The smallest absolute Gasteiger partial charge is 0.407 e. The van der Waals surface area contributed by atoms with E-state index < -0.39 is 30.2 Å². The van der Waals surface area contributed by atoms with Gasteiger partial charge in [-0.25, -0.2) is 14.4 Å². The van der Waals surface area contributed by atoms with Gasteiger partial charge < -0.3 is 30.1 Å². The summed E-state index contributed by atoms with van der Waals surface area (Å²) in [4.78, 5) is 30.4. The molecule has 0 aromatic heterocycles. The molecule has 3 rings (SSSR count). The molecule has 1 saturated heterocycles. The second-order valence-corrected chi connectivity index (χ2v) is 9.37. The maximum absolute atomic E-state index is 13.1. The van der Waals surface area contributed by atoms with Crippen LogP contribution in [-0.4, -0.2) is 48.0 Å². The number of phenols is 1. The average Bonchev–Trinajstić information content (AvgIpc) is 3.33. The predicted octanol–water partition coefficient (Wildman–Crippen LogP) is 4.76. The molecule has 0 bridgehead atoms. The minimum atomic E-state index is -4.41. The quantitative estimate of drug-likeness (QED) is 0.187. The van der Waals surface area contributed by atoms with Crippen molar-refractivity contribution in [3.63, 3.8) is 0 Å². The van der Waals surface area contributed by atoms with Crippen LogP contribution in [0.25, 0.3) is 0 Å². The van der Waals surface area contributed by atoms with Crippen LogP contribution in [0.1, 0.15) is 38.3 Å². The van der Waals surface area contributed by atoms with Gasteiger partial charge in [0.2, 0.25) is 6.79 Å². The van der Waals surface area contributed by atoms with Crippen LogP contribution in [0.4, 0.5) is 18.0 Å². The van der Waals surface area contributed by atoms with Crippen LogP contribution in [0, 0.1) is 5.92 Å². The van der Waals surface area contributed by atoms with Crippen LogP contribution in [0.2, 0.25) is 0 Å². The van der Waals surface area contributed by atoms with Crippen molar-refractivity contribution in [2.75, 3.05) is 13.4 Å². The highest BCUT2D eigenvalue weighted by molar-refractivity contribution is 5.81. The first kappa shape index (κ1) is 33.1. The van der Waals surface area contributed by atoms with E-state index in [4.69, 9.17) is 19.0 Å². The summed E-state index contributed by atoms with van der Waals surface area (Å²) in [6, 6.07) is 11.7. The molecule has 1 aliphatic rings. The van der Waals surface area contributed by atoms with Gasteiger partial charge in [0.25, 0.3) is 0 Å². The molecular formula is C29H35F3N4O7. The van der Waals surface area contributed by atoms with E-state index in [-0.39, 0.29) is 37.9 Å². The van der Waals surface area contributed by atoms with Crippen LogP contribution in [0.5, 0.6) is 11.5 Å². The average molecular weight is 609 g/mol. The summed E-state index contributed by atoms with van der Waals surface area (Å²) < 4.78 is 55.3. The second kappa shape index (κ2) is 15.7. The number of allylic oxidation sites excluding steroid dienone is 2. The van der Waals surface area contributed by atoms with Crippen LogP contribution in [-0.2, 0) is 32.1 Å². The first-order valence-electron chi connectivity index (χ1n) is 13.5. The number of hydrogen-bond acceptors (Lipinski definition) is 10. The Balaban J connectivity index is 1.59.